The quantitative estimate of drug-likeness (QED) is 0.727. The van der Waals surface area contributed by atoms with Crippen LogP contribution in [0.3, 0.4) is 0 Å². The van der Waals surface area contributed by atoms with Gasteiger partial charge in [0.25, 0.3) is 0 Å². The summed E-state index contributed by atoms with van der Waals surface area (Å²) in [6, 6.07) is 13.1. The molecule has 23 heavy (non-hydrogen) atoms. The van der Waals surface area contributed by atoms with E-state index in [1.165, 1.54) is 20.3 Å². The molecule has 0 saturated carbocycles. The fourth-order valence-electron chi connectivity index (χ4n) is 3.09. The van der Waals surface area contributed by atoms with Crippen LogP contribution in [-0.2, 0) is 6.42 Å². The van der Waals surface area contributed by atoms with Gasteiger partial charge in [0.15, 0.2) is 11.5 Å². The standard InChI is InChI=1S/C19H22INO2/c1-3-22-17-11-13-9-10-21-19(14-7-5-6-8-16(14)20)15(13)12-18(17)23-4-2/h5-8,11-12,19,21H,3-4,9-10H2,1-2H3. The monoisotopic (exact) mass is 423 g/mol. The molecule has 0 saturated heterocycles. The van der Waals surface area contributed by atoms with Gasteiger partial charge in [-0.25, -0.2) is 0 Å². The summed E-state index contributed by atoms with van der Waals surface area (Å²) in [7, 11) is 0. The molecule has 0 amide bonds. The van der Waals surface area contributed by atoms with E-state index in [-0.39, 0.29) is 6.04 Å². The summed E-state index contributed by atoms with van der Waals surface area (Å²) in [5.41, 5.74) is 3.97. The molecule has 2 aromatic rings. The molecule has 0 fully saturated rings. The predicted octanol–water partition coefficient (Wildman–Crippen LogP) is 4.32. The van der Waals surface area contributed by atoms with E-state index in [9.17, 15) is 0 Å². The second-order valence-corrected chi connectivity index (χ2v) is 6.68. The maximum Gasteiger partial charge on any atom is 0.161 e. The first kappa shape index (κ1) is 16.6. The lowest BCUT2D eigenvalue weighted by molar-refractivity contribution is 0.286. The van der Waals surface area contributed by atoms with Crippen molar-refractivity contribution in [3.63, 3.8) is 0 Å². The zero-order chi connectivity index (χ0) is 16.2. The van der Waals surface area contributed by atoms with Gasteiger partial charge in [0.1, 0.15) is 0 Å². The first-order valence-electron chi connectivity index (χ1n) is 8.14. The van der Waals surface area contributed by atoms with E-state index in [4.69, 9.17) is 9.47 Å². The minimum absolute atomic E-state index is 0.210. The third kappa shape index (κ3) is 3.48. The lowest BCUT2D eigenvalue weighted by atomic mass is 9.89. The summed E-state index contributed by atoms with van der Waals surface area (Å²) >= 11 is 2.41. The van der Waals surface area contributed by atoms with Crippen molar-refractivity contribution in [3.05, 3.63) is 56.7 Å². The number of nitrogens with one attached hydrogen (secondary N) is 1. The van der Waals surface area contributed by atoms with E-state index >= 15 is 0 Å². The molecule has 1 aliphatic heterocycles. The van der Waals surface area contributed by atoms with Gasteiger partial charge in [-0.2, -0.15) is 0 Å². The number of hydrogen-bond donors (Lipinski definition) is 1. The van der Waals surface area contributed by atoms with Crippen molar-refractivity contribution < 1.29 is 9.47 Å². The Balaban J connectivity index is 2.07. The summed E-state index contributed by atoms with van der Waals surface area (Å²) < 4.78 is 12.9. The van der Waals surface area contributed by atoms with Crippen LogP contribution in [0.4, 0.5) is 0 Å². The van der Waals surface area contributed by atoms with Gasteiger partial charge >= 0.3 is 0 Å². The van der Waals surface area contributed by atoms with Gasteiger partial charge < -0.3 is 14.8 Å². The van der Waals surface area contributed by atoms with Crippen LogP contribution in [0.5, 0.6) is 11.5 Å². The van der Waals surface area contributed by atoms with Gasteiger partial charge in [0.2, 0.25) is 0 Å². The predicted molar refractivity (Wildman–Crippen MR) is 101 cm³/mol. The summed E-state index contributed by atoms with van der Waals surface area (Å²) in [5, 5.41) is 3.65. The minimum atomic E-state index is 0.210. The first-order chi connectivity index (χ1) is 11.2. The fourth-order valence-corrected chi connectivity index (χ4v) is 3.79. The van der Waals surface area contributed by atoms with Crippen LogP contribution in [0.1, 0.15) is 36.6 Å². The highest BCUT2D eigenvalue weighted by Crippen LogP contribution is 2.38. The van der Waals surface area contributed by atoms with Gasteiger partial charge in [-0.15, -0.1) is 0 Å². The van der Waals surface area contributed by atoms with E-state index in [0.717, 1.165) is 24.5 Å². The second-order valence-electron chi connectivity index (χ2n) is 5.52. The third-order valence-corrected chi connectivity index (χ3v) is 5.06. The molecule has 0 bridgehead atoms. The molecule has 1 heterocycles. The lowest BCUT2D eigenvalue weighted by Crippen LogP contribution is -2.31. The van der Waals surface area contributed by atoms with Crippen LogP contribution >= 0.6 is 22.6 Å². The molecule has 4 heteroatoms. The molecule has 0 spiro atoms. The molecule has 1 atom stereocenters. The Morgan fingerprint density at radius 2 is 1.74 bits per heavy atom. The van der Waals surface area contributed by atoms with Crippen LogP contribution in [-0.4, -0.2) is 19.8 Å². The molecule has 2 aromatic carbocycles. The highest BCUT2D eigenvalue weighted by Gasteiger charge is 2.25. The summed E-state index contributed by atoms with van der Waals surface area (Å²) in [4.78, 5) is 0. The third-order valence-electron chi connectivity index (χ3n) is 4.08. The molecule has 0 aliphatic carbocycles. The highest BCUT2D eigenvalue weighted by atomic mass is 127. The Kier molecular flexibility index (Phi) is 5.43. The molecule has 0 radical (unpaired) electrons. The smallest absolute Gasteiger partial charge is 0.161 e. The van der Waals surface area contributed by atoms with Gasteiger partial charge in [-0.3, -0.25) is 0 Å². The Morgan fingerprint density at radius 1 is 1.04 bits per heavy atom. The summed E-state index contributed by atoms with van der Waals surface area (Å²) in [6.07, 6.45) is 1.02. The average Bonchev–Trinajstić information content (AvgIpc) is 2.56. The topological polar surface area (TPSA) is 30.5 Å². The number of rotatable bonds is 5. The van der Waals surface area contributed by atoms with Gasteiger partial charge in [0, 0.05) is 10.1 Å². The van der Waals surface area contributed by atoms with E-state index in [1.54, 1.807) is 0 Å². The van der Waals surface area contributed by atoms with E-state index in [1.807, 2.05) is 13.8 Å². The van der Waals surface area contributed by atoms with Crippen molar-refractivity contribution in [1.82, 2.24) is 5.32 Å². The van der Waals surface area contributed by atoms with Crippen LogP contribution in [0.15, 0.2) is 36.4 Å². The average molecular weight is 423 g/mol. The van der Waals surface area contributed by atoms with Crippen molar-refractivity contribution in [2.45, 2.75) is 26.3 Å². The van der Waals surface area contributed by atoms with Crippen molar-refractivity contribution >= 4 is 22.6 Å². The summed E-state index contributed by atoms with van der Waals surface area (Å²) in [5.74, 6) is 1.70. The normalized spacial score (nSPS) is 16.7. The van der Waals surface area contributed by atoms with E-state index in [0.29, 0.717) is 13.2 Å². The van der Waals surface area contributed by atoms with Gasteiger partial charge in [-0.05, 0) is 77.7 Å². The Hall–Kier alpha value is -1.27. The van der Waals surface area contributed by atoms with Crippen molar-refractivity contribution in [3.8, 4) is 11.5 Å². The van der Waals surface area contributed by atoms with Crippen LogP contribution in [0, 0.1) is 3.57 Å². The van der Waals surface area contributed by atoms with Crippen molar-refractivity contribution in [2.75, 3.05) is 19.8 Å². The molecule has 1 aliphatic rings. The van der Waals surface area contributed by atoms with E-state index in [2.05, 4.69) is 64.3 Å². The van der Waals surface area contributed by atoms with Gasteiger partial charge in [-0.1, -0.05) is 18.2 Å². The first-order valence-corrected chi connectivity index (χ1v) is 9.22. The number of benzene rings is 2. The Morgan fingerprint density at radius 3 is 2.43 bits per heavy atom. The maximum absolute atomic E-state index is 5.82. The molecule has 122 valence electrons. The molecular formula is C19H22INO2. The highest BCUT2D eigenvalue weighted by molar-refractivity contribution is 14.1. The Labute approximate surface area is 151 Å². The molecule has 3 rings (SSSR count). The number of hydrogen-bond acceptors (Lipinski definition) is 3. The SMILES string of the molecule is CCOc1cc2c(cc1OCC)C(c1ccccc1I)NCC2. The summed E-state index contributed by atoms with van der Waals surface area (Å²) in [6.45, 7) is 6.27. The van der Waals surface area contributed by atoms with Crippen molar-refractivity contribution in [1.29, 1.82) is 0 Å². The second kappa shape index (κ2) is 7.53. The fraction of sp³-hybridized carbons (Fsp3) is 0.368. The molecular weight excluding hydrogens is 401 g/mol. The molecule has 3 nitrogen and oxygen atoms in total. The van der Waals surface area contributed by atoms with Crippen molar-refractivity contribution in [2.24, 2.45) is 0 Å². The van der Waals surface area contributed by atoms with Crippen LogP contribution < -0.4 is 14.8 Å². The molecule has 1 N–H and O–H groups in total. The lowest BCUT2D eigenvalue weighted by Gasteiger charge is -2.29. The largest absolute Gasteiger partial charge is 0.490 e. The molecule has 1 unspecified atom stereocenters. The number of ether oxygens (including phenoxy) is 2. The number of fused-ring (bicyclic) bond motifs is 1. The van der Waals surface area contributed by atoms with E-state index < -0.39 is 0 Å². The minimum Gasteiger partial charge on any atom is -0.490 e. The van der Waals surface area contributed by atoms with Crippen LogP contribution in [0.2, 0.25) is 0 Å². The Bertz CT molecular complexity index is 687. The number of halogens is 1. The van der Waals surface area contributed by atoms with Gasteiger partial charge in [0.05, 0.1) is 19.3 Å². The zero-order valence-electron chi connectivity index (χ0n) is 13.6. The zero-order valence-corrected chi connectivity index (χ0v) is 15.7. The van der Waals surface area contributed by atoms with Crippen LogP contribution in [0.25, 0.3) is 0 Å². The molecule has 0 aromatic heterocycles. The maximum atomic E-state index is 5.82.